The van der Waals surface area contributed by atoms with E-state index in [4.69, 9.17) is 4.74 Å². The van der Waals surface area contributed by atoms with Gasteiger partial charge in [-0.05, 0) is 37.9 Å². The third-order valence-electron chi connectivity index (χ3n) is 4.68. The fourth-order valence-electron chi connectivity index (χ4n) is 3.34. The summed E-state index contributed by atoms with van der Waals surface area (Å²) >= 11 is 0. The molecule has 1 aromatic rings. The lowest BCUT2D eigenvalue weighted by atomic mass is 9.95. The lowest BCUT2D eigenvalue weighted by Gasteiger charge is -2.36. The fraction of sp³-hybridized carbons (Fsp3) is 0.647. The summed E-state index contributed by atoms with van der Waals surface area (Å²) in [5.41, 5.74) is 0.823. The number of nitrogens with zero attached hydrogens (tertiary/aromatic N) is 2. The fourth-order valence-corrected chi connectivity index (χ4v) is 3.34. The van der Waals surface area contributed by atoms with Crippen molar-refractivity contribution in [1.82, 2.24) is 9.80 Å². The second-order valence-corrected chi connectivity index (χ2v) is 6.22. The van der Waals surface area contributed by atoms with Gasteiger partial charge >= 0.3 is 0 Å². The summed E-state index contributed by atoms with van der Waals surface area (Å²) in [6, 6.07) is 7.13. The highest BCUT2D eigenvalue weighted by molar-refractivity contribution is 5.17. The first-order chi connectivity index (χ1) is 10.3. The number of rotatable bonds is 4. The Morgan fingerprint density at radius 2 is 1.71 bits per heavy atom. The minimum absolute atomic E-state index is 0.0760. The molecular formula is C17H25FN2O. The van der Waals surface area contributed by atoms with Crippen molar-refractivity contribution in [2.45, 2.75) is 19.4 Å². The van der Waals surface area contributed by atoms with E-state index in [9.17, 15) is 4.39 Å². The number of halogens is 1. The molecule has 0 atom stereocenters. The molecule has 0 aromatic heterocycles. The first kappa shape index (κ1) is 14.9. The molecule has 21 heavy (non-hydrogen) atoms. The Bertz CT molecular complexity index is 440. The highest BCUT2D eigenvalue weighted by atomic mass is 19.1. The minimum Gasteiger partial charge on any atom is -0.379 e. The van der Waals surface area contributed by atoms with E-state index in [0.29, 0.717) is 0 Å². The number of hydrogen-bond acceptors (Lipinski definition) is 3. The van der Waals surface area contributed by atoms with E-state index in [1.54, 1.807) is 12.1 Å². The van der Waals surface area contributed by atoms with Crippen LogP contribution in [0.5, 0.6) is 0 Å². The molecule has 0 unspecified atom stereocenters. The molecular weight excluding hydrogens is 267 g/mol. The summed E-state index contributed by atoms with van der Waals surface area (Å²) in [6.45, 7) is 8.05. The van der Waals surface area contributed by atoms with Gasteiger partial charge in [0.1, 0.15) is 5.82 Å². The number of likely N-dealkylation sites (tertiary alicyclic amines) is 1. The Hall–Kier alpha value is -0.970. The van der Waals surface area contributed by atoms with Crippen LogP contribution >= 0.6 is 0 Å². The van der Waals surface area contributed by atoms with E-state index < -0.39 is 0 Å². The zero-order valence-corrected chi connectivity index (χ0v) is 12.6. The molecule has 116 valence electrons. The van der Waals surface area contributed by atoms with E-state index in [1.165, 1.54) is 19.4 Å². The molecule has 0 spiro atoms. The molecule has 1 aromatic carbocycles. The van der Waals surface area contributed by atoms with Gasteiger partial charge in [-0.25, -0.2) is 4.39 Å². The lowest BCUT2D eigenvalue weighted by Crippen LogP contribution is -2.42. The standard InChI is InChI=1S/C17H25FN2O/c18-17-4-2-1-3-16(17)14-19-7-5-15(6-8-19)13-20-9-11-21-12-10-20/h1-4,15H,5-14H2. The van der Waals surface area contributed by atoms with E-state index in [-0.39, 0.29) is 5.82 Å². The normalized spacial score (nSPS) is 22.5. The van der Waals surface area contributed by atoms with Gasteiger partial charge in [0.2, 0.25) is 0 Å². The molecule has 0 saturated carbocycles. The van der Waals surface area contributed by atoms with Crippen molar-refractivity contribution < 1.29 is 9.13 Å². The lowest BCUT2D eigenvalue weighted by molar-refractivity contribution is 0.0241. The van der Waals surface area contributed by atoms with Crippen LogP contribution in [-0.4, -0.2) is 55.7 Å². The predicted molar refractivity (Wildman–Crippen MR) is 81.7 cm³/mol. The summed E-state index contributed by atoms with van der Waals surface area (Å²) in [7, 11) is 0. The van der Waals surface area contributed by atoms with Gasteiger partial charge in [0, 0.05) is 31.7 Å². The predicted octanol–water partition coefficient (Wildman–Crippen LogP) is 2.37. The first-order valence-electron chi connectivity index (χ1n) is 8.07. The smallest absolute Gasteiger partial charge is 0.127 e. The average molecular weight is 292 g/mol. The van der Waals surface area contributed by atoms with Crippen LogP contribution in [0, 0.1) is 11.7 Å². The van der Waals surface area contributed by atoms with Gasteiger partial charge in [0.25, 0.3) is 0 Å². The summed E-state index contributed by atoms with van der Waals surface area (Å²) in [4.78, 5) is 4.91. The van der Waals surface area contributed by atoms with Gasteiger partial charge in [-0.15, -0.1) is 0 Å². The van der Waals surface area contributed by atoms with Crippen LogP contribution in [-0.2, 0) is 11.3 Å². The number of piperidine rings is 1. The Kier molecular flexibility index (Phi) is 5.22. The van der Waals surface area contributed by atoms with Crippen LogP contribution in [0.15, 0.2) is 24.3 Å². The summed E-state index contributed by atoms with van der Waals surface area (Å²) in [6.07, 6.45) is 2.46. The third-order valence-corrected chi connectivity index (χ3v) is 4.68. The summed E-state index contributed by atoms with van der Waals surface area (Å²) in [5.74, 6) is 0.716. The summed E-state index contributed by atoms with van der Waals surface area (Å²) < 4.78 is 19.1. The van der Waals surface area contributed by atoms with Crippen LogP contribution in [0.3, 0.4) is 0 Å². The van der Waals surface area contributed by atoms with Crippen molar-refractivity contribution >= 4 is 0 Å². The second-order valence-electron chi connectivity index (χ2n) is 6.22. The van der Waals surface area contributed by atoms with Crippen LogP contribution in [0.25, 0.3) is 0 Å². The molecule has 2 saturated heterocycles. The molecule has 3 rings (SSSR count). The molecule has 0 bridgehead atoms. The number of ether oxygens (including phenoxy) is 1. The van der Waals surface area contributed by atoms with Crippen LogP contribution in [0.4, 0.5) is 4.39 Å². The van der Waals surface area contributed by atoms with Crippen molar-refractivity contribution in [2.24, 2.45) is 5.92 Å². The van der Waals surface area contributed by atoms with Gasteiger partial charge in [-0.2, -0.15) is 0 Å². The zero-order chi connectivity index (χ0) is 14.5. The van der Waals surface area contributed by atoms with E-state index in [2.05, 4.69) is 9.80 Å². The van der Waals surface area contributed by atoms with Crippen molar-refractivity contribution in [3.8, 4) is 0 Å². The molecule has 0 radical (unpaired) electrons. The van der Waals surface area contributed by atoms with E-state index in [1.807, 2.05) is 12.1 Å². The number of hydrogen-bond donors (Lipinski definition) is 0. The van der Waals surface area contributed by atoms with Gasteiger partial charge in [-0.3, -0.25) is 9.80 Å². The van der Waals surface area contributed by atoms with Gasteiger partial charge in [0.15, 0.2) is 0 Å². The van der Waals surface area contributed by atoms with E-state index in [0.717, 1.165) is 57.4 Å². The quantitative estimate of drug-likeness (QED) is 0.847. The van der Waals surface area contributed by atoms with Gasteiger partial charge in [-0.1, -0.05) is 18.2 Å². The van der Waals surface area contributed by atoms with Crippen molar-refractivity contribution in [1.29, 1.82) is 0 Å². The molecule has 2 fully saturated rings. The maximum atomic E-state index is 13.7. The molecule has 2 heterocycles. The number of benzene rings is 1. The minimum atomic E-state index is -0.0760. The molecule has 0 N–H and O–H groups in total. The SMILES string of the molecule is Fc1ccccc1CN1CCC(CN2CCOCC2)CC1. The Morgan fingerprint density at radius 1 is 1.00 bits per heavy atom. The molecule has 3 nitrogen and oxygen atoms in total. The first-order valence-corrected chi connectivity index (χ1v) is 8.07. The maximum Gasteiger partial charge on any atom is 0.127 e. The monoisotopic (exact) mass is 292 g/mol. The molecule has 2 aliphatic rings. The zero-order valence-electron chi connectivity index (χ0n) is 12.6. The van der Waals surface area contributed by atoms with Crippen LogP contribution < -0.4 is 0 Å². The molecule has 0 amide bonds. The Morgan fingerprint density at radius 3 is 2.43 bits per heavy atom. The van der Waals surface area contributed by atoms with Gasteiger partial charge in [0.05, 0.1) is 13.2 Å². The van der Waals surface area contributed by atoms with Crippen molar-refractivity contribution in [3.05, 3.63) is 35.6 Å². The highest BCUT2D eigenvalue weighted by Gasteiger charge is 2.22. The number of morpholine rings is 1. The van der Waals surface area contributed by atoms with Crippen molar-refractivity contribution in [3.63, 3.8) is 0 Å². The molecule has 0 aliphatic carbocycles. The van der Waals surface area contributed by atoms with Crippen molar-refractivity contribution in [2.75, 3.05) is 45.9 Å². The Labute approximate surface area is 126 Å². The Balaban J connectivity index is 1.43. The summed E-state index contributed by atoms with van der Waals surface area (Å²) in [5, 5.41) is 0. The largest absolute Gasteiger partial charge is 0.379 e. The van der Waals surface area contributed by atoms with Gasteiger partial charge < -0.3 is 4.74 Å². The second kappa shape index (κ2) is 7.34. The maximum absolute atomic E-state index is 13.7. The van der Waals surface area contributed by atoms with Crippen LogP contribution in [0.1, 0.15) is 18.4 Å². The molecule has 2 aliphatic heterocycles. The third kappa shape index (κ3) is 4.25. The van der Waals surface area contributed by atoms with Crippen LogP contribution in [0.2, 0.25) is 0 Å². The topological polar surface area (TPSA) is 15.7 Å². The van der Waals surface area contributed by atoms with E-state index >= 15 is 0 Å². The molecule has 4 heteroatoms. The highest BCUT2D eigenvalue weighted by Crippen LogP contribution is 2.21. The average Bonchev–Trinajstić information content (AvgIpc) is 2.52.